The van der Waals surface area contributed by atoms with Crippen molar-refractivity contribution in [2.45, 2.75) is 23.1 Å². The lowest BCUT2D eigenvalue weighted by atomic mass is 10.1. The van der Waals surface area contributed by atoms with Crippen LogP contribution < -0.4 is 0 Å². The van der Waals surface area contributed by atoms with Gasteiger partial charge in [-0.3, -0.25) is 0 Å². The Kier molecular flexibility index (Phi) is 3.26. The predicted octanol–water partition coefficient (Wildman–Crippen LogP) is 2.02. The minimum absolute atomic E-state index is 0.475. The monoisotopic (exact) mass is 235 g/mol. The highest BCUT2D eigenvalue weighted by Gasteiger charge is 2.10. The smallest absolute Gasteiger partial charge is 0.195 e. The van der Waals surface area contributed by atoms with Crippen molar-refractivity contribution in [1.29, 1.82) is 0 Å². The quantitative estimate of drug-likeness (QED) is 0.884. The average molecular weight is 235 g/mol. The molecule has 5 heteroatoms. The van der Waals surface area contributed by atoms with E-state index in [1.807, 2.05) is 35.9 Å². The van der Waals surface area contributed by atoms with Gasteiger partial charge in [-0.25, -0.2) is 0 Å². The standard InChI is InChI=1S/C11H13N3OS/c1-8(15)9-5-3-4-6-10(9)16-11-13-12-7-14(11)2/h3-8,15H,1-2H3/t8-/m0/s1. The molecule has 16 heavy (non-hydrogen) atoms. The molecule has 0 spiro atoms. The van der Waals surface area contributed by atoms with Gasteiger partial charge in [-0.15, -0.1) is 10.2 Å². The summed E-state index contributed by atoms with van der Waals surface area (Å²) >= 11 is 1.51. The largest absolute Gasteiger partial charge is 0.389 e. The fourth-order valence-corrected chi connectivity index (χ4v) is 2.36. The van der Waals surface area contributed by atoms with Crippen molar-refractivity contribution >= 4 is 11.8 Å². The second-order valence-corrected chi connectivity index (χ2v) is 4.55. The molecule has 4 nitrogen and oxygen atoms in total. The van der Waals surface area contributed by atoms with E-state index in [1.54, 1.807) is 13.3 Å². The summed E-state index contributed by atoms with van der Waals surface area (Å²) in [6.45, 7) is 1.76. The van der Waals surface area contributed by atoms with Crippen LogP contribution in [0.25, 0.3) is 0 Å². The SMILES string of the molecule is C[C@H](O)c1ccccc1Sc1nncn1C. The fourth-order valence-electron chi connectivity index (χ4n) is 1.38. The number of aliphatic hydroxyl groups excluding tert-OH is 1. The molecule has 2 aromatic rings. The van der Waals surface area contributed by atoms with Gasteiger partial charge in [-0.1, -0.05) is 18.2 Å². The van der Waals surface area contributed by atoms with Crippen molar-refractivity contribution in [1.82, 2.24) is 14.8 Å². The number of benzene rings is 1. The number of hydrogen-bond donors (Lipinski definition) is 1. The molecule has 0 saturated heterocycles. The number of aliphatic hydroxyl groups is 1. The Morgan fingerprint density at radius 2 is 2.12 bits per heavy atom. The van der Waals surface area contributed by atoms with Crippen LogP contribution in [-0.4, -0.2) is 19.9 Å². The van der Waals surface area contributed by atoms with Gasteiger partial charge in [0, 0.05) is 11.9 Å². The zero-order chi connectivity index (χ0) is 11.5. The summed E-state index contributed by atoms with van der Waals surface area (Å²) in [6.07, 6.45) is 1.18. The third-order valence-electron chi connectivity index (χ3n) is 2.24. The van der Waals surface area contributed by atoms with E-state index >= 15 is 0 Å². The molecule has 0 fully saturated rings. The Morgan fingerprint density at radius 3 is 2.75 bits per heavy atom. The maximum atomic E-state index is 9.65. The second-order valence-electron chi connectivity index (χ2n) is 3.54. The van der Waals surface area contributed by atoms with E-state index in [1.165, 1.54) is 11.8 Å². The maximum absolute atomic E-state index is 9.65. The number of aromatic nitrogens is 3. The minimum atomic E-state index is -0.475. The van der Waals surface area contributed by atoms with Crippen LogP contribution in [0.5, 0.6) is 0 Å². The molecule has 0 aliphatic carbocycles. The zero-order valence-corrected chi connectivity index (χ0v) is 9.98. The number of aryl methyl sites for hydroxylation is 1. The van der Waals surface area contributed by atoms with Crippen LogP contribution in [-0.2, 0) is 7.05 Å². The number of nitrogens with zero attached hydrogens (tertiary/aromatic N) is 3. The highest BCUT2D eigenvalue weighted by atomic mass is 32.2. The van der Waals surface area contributed by atoms with Crippen molar-refractivity contribution in [2.24, 2.45) is 7.05 Å². The summed E-state index contributed by atoms with van der Waals surface area (Å²) in [7, 11) is 1.90. The highest BCUT2D eigenvalue weighted by molar-refractivity contribution is 7.99. The lowest BCUT2D eigenvalue weighted by Crippen LogP contribution is -1.95. The Balaban J connectivity index is 2.31. The molecule has 0 aliphatic heterocycles. The van der Waals surface area contributed by atoms with Crippen LogP contribution in [0.15, 0.2) is 40.6 Å². The number of hydrogen-bond acceptors (Lipinski definition) is 4. The Bertz CT molecular complexity index is 482. The lowest BCUT2D eigenvalue weighted by Gasteiger charge is -2.10. The molecular formula is C11H13N3OS. The molecule has 1 aromatic heterocycles. The Morgan fingerprint density at radius 1 is 1.38 bits per heavy atom. The van der Waals surface area contributed by atoms with Gasteiger partial charge < -0.3 is 9.67 Å². The summed E-state index contributed by atoms with van der Waals surface area (Å²) in [4.78, 5) is 1.01. The van der Waals surface area contributed by atoms with Gasteiger partial charge in [0.25, 0.3) is 0 Å². The molecule has 0 unspecified atom stereocenters. The molecule has 1 aromatic carbocycles. The molecular weight excluding hydrogens is 222 g/mol. The van der Waals surface area contributed by atoms with Gasteiger partial charge in [0.15, 0.2) is 5.16 Å². The molecule has 1 atom stereocenters. The van der Waals surface area contributed by atoms with Gasteiger partial charge in [0.05, 0.1) is 6.10 Å². The maximum Gasteiger partial charge on any atom is 0.195 e. The summed E-state index contributed by atoms with van der Waals surface area (Å²) in [5.74, 6) is 0. The molecule has 0 radical (unpaired) electrons. The van der Waals surface area contributed by atoms with Crippen LogP contribution in [0.1, 0.15) is 18.6 Å². The Labute approximate surface area is 98.3 Å². The van der Waals surface area contributed by atoms with Crippen LogP contribution in [0, 0.1) is 0 Å². The van der Waals surface area contributed by atoms with Crippen molar-refractivity contribution < 1.29 is 5.11 Å². The van der Waals surface area contributed by atoms with E-state index in [-0.39, 0.29) is 0 Å². The molecule has 0 aliphatic rings. The van der Waals surface area contributed by atoms with E-state index in [0.29, 0.717) is 0 Å². The average Bonchev–Trinajstić information content (AvgIpc) is 2.65. The van der Waals surface area contributed by atoms with Crippen LogP contribution in [0.2, 0.25) is 0 Å². The van der Waals surface area contributed by atoms with Crippen LogP contribution >= 0.6 is 11.8 Å². The third-order valence-corrected chi connectivity index (χ3v) is 3.38. The first kappa shape index (κ1) is 11.2. The molecule has 0 amide bonds. The van der Waals surface area contributed by atoms with Crippen molar-refractivity contribution in [3.8, 4) is 0 Å². The molecule has 0 saturated carbocycles. The summed E-state index contributed by atoms with van der Waals surface area (Å²) in [5, 5.41) is 18.3. The van der Waals surface area contributed by atoms with Crippen molar-refractivity contribution in [2.75, 3.05) is 0 Å². The van der Waals surface area contributed by atoms with E-state index in [9.17, 15) is 5.11 Å². The summed E-state index contributed by atoms with van der Waals surface area (Å²) in [6, 6.07) is 7.76. The topological polar surface area (TPSA) is 50.9 Å². The molecule has 84 valence electrons. The summed E-state index contributed by atoms with van der Waals surface area (Å²) in [5.41, 5.74) is 0.913. The first-order valence-electron chi connectivity index (χ1n) is 4.97. The van der Waals surface area contributed by atoms with Gasteiger partial charge >= 0.3 is 0 Å². The van der Waals surface area contributed by atoms with Gasteiger partial charge in [-0.2, -0.15) is 0 Å². The lowest BCUT2D eigenvalue weighted by molar-refractivity contribution is 0.196. The minimum Gasteiger partial charge on any atom is -0.389 e. The van der Waals surface area contributed by atoms with Crippen molar-refractivity contribution in [3.05, 3.63) is 36.2 Å². The van der Waals surface area contributed by atoms with E-state index in [2.05, 4.69) is 10.2 Å². The van der Waals surface area contributed by atoms with Gasteiger partial charge in [0.2, 0.25) is 0 Å². The molecule has 2 rings (SSSR count). The van der Waals surface area contributed by atoms with Gasteiger partial charge in [-0.05, 0) is 30.3 Å². The Hall–Kier alpha value is -1.33. The molecule has 1 N–H and O–H groups in total. The first-order valence-corrected chi connectivity index (χ1v) is 5.79. The van der Waals surface area contributed by atoms with E-state index in [0.717, 1.165) is 15.6 Å². The first-order chi connectivity index (χ1) is 7.68. The number of rotatable bonds is 3. The second kappa shape index (κ2) is 4.67. The van der Waals surface area contributed by atoms with Crippen LogP contribution in [0.4, 0.5) is 0 Å². The van der Waals surface area contributed by atoms with Crippen LogP contribution in [0.3, 0.4) is 0 Å². The van der Waals surface area contributed by atoms with Gasteiger partial charge in [0.1, 0.15) is 6.33 Å². The fraction of sp³-hybridized carbons (Fsp3) is 0.273. The predicted molar refractivity (Wildman–Crippen MR) is 62.2 cm³/mol. The van der Waals surface area contributed by atoms with E-state index < -0.39 is 6.10 Å². The summed E-state index contributed by atoms with van der Waals surface area (Å²) < 4.78 is 1.85. The third kappa shape index (κ3) is 2.25. The van der Waals surface area contributed by atoms with E-state index in [4.69, 9.17) is 0 Å². The highest BCUT2D eigenvalue weighted by Crippen LogP contribution is 2.31. The molecule has 0 bridgehead atoms. The normalized spacial score (nSPS) is 12.7. The zero-order valence-electron chi connectivity index (χ0n) is 9.16. The molecule has 1 heterocycles. The van der Waals surface area contributed by atoms with Crippen molar-refractivity contribution in [3.63, 3.8) is 0 Å².